The molecule has 0 aliphatic rings. The van der Waals surface area contributed by atoms with Crippen molar-refractivity contribution in [3.05, 3.63) is 48.3 Å². The summed E-state index contributed by atoms with van der Waals surface area (Å²) in [6.45, 7) is 0. The van der Waals surface area contributed by atoms with Gasteiger partial charge in [-0.1, -0.05) is 6.07 Å². The highest BCUT2D eigenvalue weighted by Gasteiger charge is 2.05. The Balaban J connectivity index is 2.46. The van der Waals surface area contributed by atoms with Crippen LogP contribution >= 0.6 is 11.6 Å². The van der Waals surface area contributed by atoms with Crippen molar-refractivity contribution in [2.24, 2.45) is 0 Å². The maximum atomic E-state index is 13.1. The van der Waals surface area contributed by atoms with Gasteiger partial charge in [-0.2, -0.15) is 4.39 Å². The second-order valence-corrected chi connectivity index (χ2v) is 3.32. The van der Waals surface area contributed by atoms with Crippen LogP contribution in [0.1, 0.15) is 5.56 Å². The number of halogens is 2. The first kappa shape index (κ1) is 10.1. The van der Waals surface area contributed by atoms with E-state index in [4.69, 9.17) is 11.6 Å². The summed E-state index contributed by atoms with van der Waals surface area (Å²) in [5.41, 5.74) is 2.12. The predicted molar refractivity (Wildman–Crippen MR) is 57.0 cm³/mol. The summed E-state index contributed by atoms with van der Waals surface area (Å²) in [7, 11) is 0. The van der Waals surface area contributed by atoms with E-state index in [1.807, 2.05) is 12.1 Å². The lowest BCUT2D eigenvalue weighted by Gasteiger charge is -2.03. The Morgan fingerprint density at radius 2 is 2.13 bits per heavy atom. The molecule has 0 N–H and O–H groups in total. The minimum Gasteiger partial charge on any atom is -0.264 e. The van der Waals surface area contributed by atoms with E-state index in [-0.39, 0.29) is 5.88 Å². The fourth-order valence-corrected chi connectivity index (χ4v) is 1.47. The SMILES string of the molecule is Fc1ncc(-c2cccnc2)cc1CCl. The first-order valence-electron chi connectivity index (χ1n) is 4.42. The zero-order chi connectivity index (χ0) is 10.7. The van der Waals surface area contributed by atoms with Gasteiger partial charge in [0.1, 0.15) is 0 Å². The van der Waals surface area contributed by atoms with Crippen molar-refractivity contribution >= 4 is 11.6 Å². The molecule has 0 amide bonds. The number of hydrogen-bond acceptors (Lipinski definition) is 2. The molecule has 0 spiro atoms. The van der Waals surface area contributed by atoms with Crippen molar-refractivity contribution in [3.63, 3.8) is 0 Å². The summed E-state index contributed by atoms with van der Waals surface area (Å²) in [5.74, 6) is -0.398. The van der Waals surface area contributed by atoms with Gasteiger partial charge in [0, 0.05) is 35.3 Å². The third-order valence-corrected chi connectivity index (χ3v) is 2.34. The largest absolute Gasteiger partial charge is 0.264 e. The van der Waals surface area contributed by atoms with Crippen molar-refractivity contribution in [3.8, 4) is 11.1 Å². The molecule has 2 rings (SSSR count). The normalized spacial score (nSPS) is 10.3. The number of aromatic nitrogens is 2. The topological polar surface area (TPSA) is 25.8 Å². The average molecular weight is 223 g/mol. The molecule has 76 valence electrons. The summed E-state index contributed by atoms with van der Waals surface area (Å²) < 4.78 is 13.1. The van der Waals surface area contributed by atoms with Gasteiger partial charge in [-0.05, 0) is 12.1 Å². The van der Waals surface area contributed by atoms with Gasteiger partial charge < -0.3 is 0 Å². The maximum Gasteiger partial charge on any atom is 0.217 e. The summed E-state index contributed by atoms with van der Waals surface area (Å²) in [5, 5.41) is 0. The lowest BCUT2D eigenvalue weighted by atomic mass is 10.1. The Hall–Kier alpha value is -1.48. The molecule has 0 atom stereocenters. The lowest BCUT2D eigenvalue weighted by Crippen LogP contribution is -1.92. The standard InChI is InChI=1S/C11H8ClFN2/c12-5-9-4-10(7-15-11(9)13)8-2-1-3-14-6-8/h1-4,6-7H,5H2. The van der Waals surface area contributed by atoms with Crippen LogP contribution in [0.5, 0.6) is 0 Å². The molecule has 15 heavy (non-hydrogen) atoms. The van der Waals surface area contributed by atoms with Crippen LogP contribution < -0.4 is 0 Å². The minimum absolute atomic E-state index is 0.118. The van der Waals surface area contributed by atoms with Crippen molar-refractivity contribution < 1.29 is 4.39 Å². The van der Waals surface area contributed by atoms with Gasteiger partial charge in [0.2, 0.25) is 5.95 Å². The van der Waals surface area contributed by atoms with Gasteiger partial charge in [-0.15, -0.1) is 11.6 Å². The average Bonchev–Trinajstić information content (AvgIpc) is 2.31. The third-order valence-electron chi connectivity index (χ3n) is 2.05. The zero-order valence-electron chi connectivity index (χ0n) is 7.82. The molecule has 0 unspecified atom stereocenters. The number of pyridine rings is 2. The number of rotatable bonds is 2. The molecular formula is C11H8ClFN2. The molecular weight excluding hydrogens is 215 g/mol. The molecule has 2 nitrogen and oxygen atoms in total. The summed E-state index contributed by atoms with van der Waals surface area (Å²) in [6, 6.07) is 5.39. The van der Waals surface area contributed by atoms with Gasteiger partial charge in [-0.3, -0.25) is 4.98 Å². The monoisotopic (exact) mass is 222 g/mol. The van der Waals surface area contributed by atoms with E-state index in [2.05, 4.69) is 9.97 Å². The summed E-state index contributed by atoms with van der Waals surface area (Å²) >= 11 is 5.60. The molecule has 0 aliphatic heterocycles. The Labute approximate surface area is 91.8 Å². The number of alkyl halides is 1. The van der Waals surface area contributed by atoms with E-state index in [9.17, 15) is 4.39 Å². The Morgan fingerprint density at radius 3 is 2.80 bits per heavy atom. The molecule has 2 aromatic heterocycles. The van der Waals surface area contributed by atoms with Gasteiger partial charge in [0.15, 0.2) is 0 Å². The van der Waals surface area contributed by atoms with Crippen molar-refractivity contribution in [2.45, 2.75) is 5.88 Å². The fraction of sp³-hybridized carbons (Fsp3) is 0.0909. The van der Waals surface area contributed by atoms with E-state index < -0.39 is 5.95 Å². The zero-order valence-corrected chi connectivity index (χ0v) is 8.58. The number of hydrogen-bond donors (Lipinski definition) is 0. The summed E-state index contributed by atoms with van der Waals surface area (Å²) in [4.78, 5) is 7.63. The van der Waals surface area contributed by atoms with Crippen molar-refractivity contribution in [1.29, 1.82) is 0 Å². The molecule has 2 aromatic rings. The van der Waals surface area contributed by atoms with E-state index in [0.717, 1.165) is 11.1 Å². The van der Waals surface area contributed by atoms with Gasteiger partial charge in [0.25, 0.3) is 0 Å². The van der Waals surface area contributed by atoms with Gasteiger partial charge >= 0.3 is 0 Å². The van der Waals surface area contributed by atoms with Gasteiger partial charge in [-0.25, -0.2) is 4.98 Å². The Morgan fingerprint density at radius 1 is 1.27 bits per heavy atom. The van der Waals surface area contributed by atoms with Crippen LogP contribution in [0.3, 0.4) is 0 Å². The molecule has 0 fully saturated rings. The highest BCUT2D eigenvalue weighted by atomic mass is 35.5. The molecule has 0 saturated carbocycles. The second kappa shape index (κ2) is 4.36. The lowest BCUT2D eigenvalue weighted by molar-refractivity contribution is 0.573. The van der Waals surface area contributed by atoms with Crippen LogP contribution in [0, 0.1) is 5.95 Å². The first-order chi connectivity index (χ1) is 7.31. The number of nitrogens with zero attached hydrogens (tertiary/aromatic N) is 2. The molecule has 2 heterocycles. The third kappa shape index (κ3) is 2.13. The highest BCUT2D eigenvalue weighted by Crippen LogP contribution is 2.20. The second-order valence-electron chi connectivity index (χ2n) is 3.05. The van der Waals surface area contributed by atoms with Crippen LogP contribution in [0.2, 0.25) is 0 Å². The maximum absolute atomic E-state index is 13.1. The molecule has 4 heteroatoms. The molecule has 0 saturated heterocycles. The van der Waals surface area contributed by atoms with Crippen LogP contribution in [-0.2, 0) is 5.88 Å². The summed E-state index contributed by atoms with van der Waals surface area (Å²) in [6.07, 6.45) is 4.86. The quantitative estimate of drug-likeness (QED) is 0.577. The predicted octanol–water partition coefficient (Wildman–Crippen LogP) is 3.02. The van der Waals surface area contributed by atoms with E-state index in [0.29, 0.717) is 5.56 Å². The molecule has 0 aliphatic carbocycles. The molecule has 0 radical (unpaired) electrons. The van der Waals surface area contributed by atoms with E-state index >= 15 is 0 Å². The van der Waals surface area contributed by atoms with Crippen molar-refractivity contribution in [2.75, 3.05) is 0 Å². The van der Waals surface area contributed by atoms with Crippen LogP contribution in [0.15, 0.2) is 36.8 Å². The van der Waals surface area contributed by atoms with Crippen LogP contribution in [0.4, 0.5) is 4.39 Å². The molecule has 0 aromatic carbocycles. The van der Waals surface area contributed by atoms with Crippen molar-refractivity contribution in [1.82, 2.24) is 9.97 Å². The Kier molecular flexibility index (Phi) is 2.92. The van der Waals surface area contributed by atoms with Crippen LogP contribution in [-0.4, -0.2) is 9.97 Å². The highest BCUT2D eigenvalue weighted by molar-refractivity contribution is 6.17. The minimum atomic E-state index is -0.516. The first-order valence-corrected chi connectivity index (χ1v) is 4.95. The Bertz CT molecular complexity index is 459. The van der Waals surface area contributed by atoms with Crippen LogP contribution in [0.25, 0.3) is 11.1 Å². The van der Waals surface area contributed by atoms with Gasteiger partial charge in [0.05, 0.1) is 5.88 Å². The molecule has 0 bridgehead atoms. The fourth-order valence-electron chi connectivity index (χ4n) is 1.28. The van der Waals surface area contributed by atoms with E-state index in [1.165, 1.54) is 6.20 Å². The van der Waals surface area contributed by atoms with E-state index in [1.54, 1.807) is 18.5 Å². The smallest absolute Gasteiger partial charge is 0.217 e.